The molecule has 0 saturated carbocycles. The molecule has 0 fully saturated rings. The summed E-state index contributed by atoms with van der Waals surface area (Å²) in [6, 6.07) is 9.61. The molecule has 3 rings (SSSR count). The van der Waals surface area contributed by atoms with Gasteiger partial charge in [0.05, 0.1) is 6.54 Å². The predicted molar refractivity (Wildman–Crippen MR) is 95.0 cm³/mol. The number of hydrogen-bond acceptors (Lipinski definition) is 4. The van der Waals surface area contributed by atoms with Gasteiger partial charge in [0.15, 0.2) is 12.0 Å². The summed E-state index contributed by atoms with van der Waals surface area (Å²) in [4.78, 5) is 19.3. The largest absolute Gasteiger partial charge is 0.445 e. The maximum atomic E-state index is 12.9. The maximum absolute atomic E-state index is 12.9. The van der Waals surface area contributed by atoms with Crippen molar-refractivity contribution in [1.29, 1.82) is 0 Å². The molecule has 1 aliphatic heterocycles. The molecule has 1 aromatic heterocycles. The molecule has 5 nitrogen and oxygen atoms in total. The standard InChI is InChI=1S/C20H26N2O3/c1-14(2)9-10-18-21-16-13-22(12-11-17(16)25-18)20(23)19(24-3)15-7-5-4-6-8-15/h4-8,14,19H,9-13H2,1-3H3. The van der Waals surface area contributed by atoms with E-state index in [1.165, 1.54) is 0 Å². The lowest BCUT2D eigenvalue weighted by Gasteiger charge is -2.28. The number of oxazole rings is 1. The Morgan fingerprint density at radius 3 is 2.76 bits per heavy atom. The number of ether oxygens (including phenoxy) is 1. The van der Waals surface area contributed by atoms with E-state index in [1.54, 1.807) is 7.11 Å². The zero-order valence-corrected chi connectivity index (χ0v) is 15.2. The lowest BCUT2D eigenvalue weighted by atomic mass is 10.1. The highest BCUT2D eigenvalue weighted by Crippen LogP contribution is 2.25. The highest BCUT2D eigenvalue weighted by molar-refractivity contribution is 5.82. The van der Waals surface area contributed by atoms with E-state index >= 15 is 0 Å². The molecule has 1 aliphatic rings. The molecule has 0 N–H and O–H groups in total. The average Bonchev–Trinajstić information content (AvgIpc) is 3.03. The second-order valence-electron chi connectivity index (χ2n) is 6.95. The third-order valence-corrected chi connectivity index (χ3v) is 4.58. The first-order chi connectivity index (χ1) is 12.1. The van der Waals surface area contributed by atoms with Gasteiger partial charge in [-0.25, -0.2) is 4.98 Å². The van der Waals surface area contributed by atoms with Crippen LogP contribution in [0.5, 0.6) is 0 Å². The fourth-order valence-corrected chi connectivity index (χ4v) is 3.13. The number of methoxy groups -OCH3 is 1. The number of rotatable bonds is 6. The Labute approximate surface area is 149 Å². The van der Waals surface area contributed by atoms with Crippen LogP contribution in [0.1, 0.15) is 49.3 Å². The van der Waals surface area contributed by atoms with Crippen LogP contribution in [0, 0.1) is 5.92 Å². The van der Waals surface area contributed by atoms with Crippen molar-refractivity contribution in [3.8, 4) is 0 Å². The van der Waals surface area contributed by atoms with Gasteiger partial charge in [-0.05, 0) is 17.9 Å². The Bertz CT molecular complexity index is 709. The van der Waals surface area contributed by atoms with Gasteiger partial charge in [0.1, 0.15) is 11.5 Å². The molecule has 1 amide bonds. The molecule has 0 radical (unpaired) electrons. The number of carbonyl (C=O) groups is 1. The van der Waals surface area contributed by atoms with Gasteiger partial charge in [-0.2, -0.15) is 0 Å². The summed E-state index contributed by atoms with van der Waals surface area (Å²) in [5.74, 6) is 2.32. The van der Waals surface area contributed by atoms with Crippen molar-refractivity contribution < 1.29 is 13.9 Å². The van der Waals surface area contributed by atoms with Crippen LogP contribution in [0.3, 0.4) is 0 Å². The normalized spacial score (nSPS) is 15.3. The van der Waals surface area contributed by atoms with Gasteiger partial charge >= 0.3 is 0 Å². The summed E-state index contributed by atoms with van der Waals surface area (Å²) in [5, 5.41) is 0. The number of nitrogens with zero attached hydrogens (tertiary/aromatic N) is 2. The fraction of sp³-hybridized carbons (Fsp3) is 0.500. The summed E-state index contributed by atoms with van der Waals surface area (Å²) >= 11 is 0. The molecule has 1 unspecified atom stereocenters. The van der Waals surface area contributed by atoms with E-state index in [9.17, 15) is 4.79 Å². The van der Waals surface area contributed by atoms with Gasteiger partial charge < -0.3 is 14.1 Å². The van der Waals surface area contributed by atoms with Gasteiger partial charge in [-0.3, -0.25) is 4.79 Å². The van der Waals surface area contributed by atoms with Crippen LogP contribution in [0.15, 0.2) is 34.7 Å². The summed E-state index contributed by atoms with van der Waals surface area (Å²) in [6.07, 6.45) is 2.04. The molecule has 2 heterocycles. The first-order valence-corrected chi connectivity index (χ1v) is 8.92. The van der Waals surface area contributed by atoms with Gasteiger partial charge in [0.2, 0.25) is 0 Å². The molecule has 0 saturated heterocycles. The van der Waals surface area contributed by atoms with E-state index in [4.69, 9.17) is 9.15 Å². The van der Waals surface area contributed by atoms with E-state index in [1.807, 2.05) is 35.2 Å². The van der Waals surface area contributed by atoms with Crippen LogP contribution < -0.4 is 0 Å². The quantitative estimate of drug-likeness (QED) is 0.806. The van der Waals surface area contributed by atoms with Crippen LogP contribution in [0.2, 0.25) is 0 Å². The van der Waals surface area contributed by atoms with Crippen molar-refractivity contribution >= 4 is 5.91 Å². The highest BCUT2D eigenvalue weighted by Gasteiger charge is 2.30. The third-order valence-electron chi connectivity index (χ3n) is 4.58. The van der Waals surface area contributed by atoms with E-state index < -0.39 is 6.10 Å². The molecular weight excluding hydrogens is 316 g/mol. The Balaban J connectivity index is 1.70. The van der Waals surface area contributed by atoms with E-state index in [0.717, 1.165) is 35.7 Å². The molecule has 2 aromatic rings. The smallest absolute Gasteiger partial charge is 0.256 e. The third kappa shape index (κ3) is 4.10. The van der Waals surface area contributed by atoms with Crippen molar-refractivity contribution in [2.24, 2.45) is 5.92 Å². The Kier molecular flexibility index (Phi) is 5.53. The predicted octanol–water partition coefficient (Wildman–Crippen LogP) is 3.54. The Hall–Kier alpha value is -2.14. The lowest BCUT2D eigenvalue weighted by molar-refractivity contribution is -0.143. The number of hydrogen-bond donors (Lipinski definition) is 0. The van der Waals surface area contributed by atoms with Gasteiger partial charge in [0.25, 0.3) is 5.91 Å². The van der Waals surface area contributed by atoms with Crippen LogP contribution in [0.4, 0.5) is 0 Å². The number of aromatic nitrogens is 1. The minimum atomic E-state index is -0.574. The first kappa shape index (κ1) is 17.7. The zero-order chi connectivity index (χ0) is 17.8. The second-order valence-corrected chi connectivity index (χ2v) is 6.95. The van der Waals surface area contributed by atoms with Crippen molar-refractivity contribution in [3.63, 3.8) is 0 Å². The number of carbonyl (C=O) groups excluding carboxylic acids is 1. The minimum Gasteiger partial charge on any atom is -0.445 e. The molecular formula is C20H26N2O3. The van der Waals surface area contributed by atoms with Crippen molar-refractivity contribution in [1.82, 2.24) is 9.88 Å². The van der Waals surface area contributed by atoms with Crippen molar-refractivity contribution in [2.75, 3.05) is 13.7 Å². The number of amides is 1. The monoisotopic (exact) mass is 342 g/mol. The molecule has 1 atom stereocenters. The van der Waals surface area contributed by atoms with Crippen LogP contribution >= 0.6 is 0 Å². The number of benzene rings is 1. The summed E-state index contributed by atoms with van der Waals surface area (Å²) in [7, 11) is 1.57. The highest BCUT2D eigenvalue weighted by atomic mass is 16.5. The van der Waals surface area contributed by atoms with Crippen molar-refractivity contribution in [3.05, 3.63) is 53.2 Å². The maximum Gasteiger partial charge on any atom is 0.256 e. The molecule has 0 bridgehead atoms. The topological polar surface area (TPSA) is 55.6 Å². The summed E-state index contributed by atoms with van der Waals surface area (Å²) in [6.45, 7) is 5.51. The Morgan fingerprint density at radius 1 is 1.32 bits per heavy atom. The van der Waals surface area contributed by atoms with Crippen molar-refractivity contribution in [2.45, 2.75) is 45.8 Å². The van der Waals surface area contributed by atoms with Gasteiger partial charge in [-0.15, -0.1) is 0 Å². The van der Waals surface area contributed by atoms with Gasteiger partial charge in [0, 0.05) is 26.5 Å². The molecule has 5 heteroatoms. The molecule has 25 heavy (non-hydrogen) atoms. The minimum absolute atomic E-state index is 0.0221. The Morgan fingerprint density at radius 2 is 2.08 bits per heavy atom. The number of aryl methyl sites for hydroxylation is 1. The average molecular weight is 342 g/mol. The van der Waals surface area contributed by atoms with E-state index in [2.05, 4.69) is 18.8 Å². The number of fused-ring (bicyclic) bond motifs is 1. The molecule has 1 aromatic carbocycles. The molecule has 0 aliphatic carbocycles. The zero-order valence-electron chi connectivity index (χ0n) is 15.2. The first-order valence-electron chi connectivity index (χ1n) is 8.92. The van der Waals surface area contributed by atoms with E-state index in [-0.39, 0.29) is 5.91 Å². The summed E-state index contributed by atoms with van der Waals surface area (Å²) in [5.41, 5.74) is 1.76. The van der Waals surface area contributed by atoms with Crippen LogP contribution in [-0.4, -0.2) is 29.4 Å². The lowest BCUT2D eigenvalue weighted by Crippen LogP contribution is -2.39. The van der Waals surface area contributed by atoms with Crippen LogP contribution in [-0.2, 0) is 28.9 Å². The summed E-state index contributed by atoms with van der Waals surface area (Å²) < 4.78 is 11.4. The van der Waals surface area contributed by atoms with E-state index in [0.29, 0.717) is 25.4 Å². The van der Waals surface area contributed by atoms with Gasteiger partial charge in [-0.1, -0.05) is 44.2 Å². The van der Waals surface area contributed by atoms with Crippen LogP contribution in [0.25, 0.3) is 0 Å². The SMILES string of the molecule is COC(C(=O)N1CCc2oc(CCC(C)C)nc2C1)c1ccccc1. The molecule has 0 spiro atoms. The molecule has 134 valence electrons. The second kappa shape index (κ2) is 7.83. The fourth-order valence-electron chi connectivity index (χ4n) is 3.13.